The van der Waals surface area contributed by atoms with Gasteiger partial charge in [-0.15, -0.1) is 0 Å². The average Bonchev–Trinajstić information content (AvgIpc) is 2.60. The molecule has 1 saturated heterocycles. The van der Waals surface area contributed by atoms with Crippen LogP contribution in [0.2, 0.25) is 0 Å². The largest absolute Gasteiger partial charge is 0.478 e. The average molecular weight is 276 g/mol. The molecule has 2 rings (SSSR count). The van der Waals surface area contributed by atoms with Crippen LogP contribution in [0.25, 0.3) is 0 Å². The van der Waals surface area contributed by atoms with Crippen molar-refractivity contribution in [2.75, 3.05) is 4.90 Å². The van der Waals surface area contributed by atoms with Crippen LogP contribution in [0.15, 0.2) is 24.3 Å². The molecule has 20 heavy (non-hydrogen) atoms. The number of aromatic carboxylic acids is 1. The van der Waals surface area contributed by atoms with E-state index in [2.05, 4.69) is 0 Å². The third kappa shape index (κ3) is 2.03. The molecule has 0 saturated carbocycles. The number of rotatable bonds is 3. The summed E-state index contributed by atoms with van der Waals surface area (Å²) in [5.74, 6) is -1.44. The van der Waals surface area contributed by atoms with Gasteiger partial charge in [0.25, 0.3) is 5.91 Å². The zero-order valence-corrected chi connectivity index (χ0v) is 11.5. The number of hydrogen-bond donors (Lipinski definition) is 1. The summed E-state index contributed by atoms with van der Waals surface area (Å²) in [7, 11) is 0. The molecule has 1 heterocycles. The summed E-state index contributed by atoms with van der Waals surface area (Å²) in [6, 6.07) is 4.73. The first-order chi connectivity index (χ1) is 9.36. The number of carboxylic acids is 1. The molecule has 106 valence electrons. The summed E-state index contributed by atoms with van der Waals surface area (Å²) in [5, 5.41) is 9.20. The van der Waals surface area contributed by atoms with Crippen molar-refractivity contribution in [1.82, 2.24) is 4.90 Å². The van der Waals surface area contributed by atoms with Crippen LogP contribution in [0.5, 0.6) is 0 Å². The minimum Gasteiger partial charge on any atom is -0.478 e. The van der Waals surface area contributed by atoms with Gasteiger partial charge in [0, 0.05) is 6.04 Å². The summed E-state index contributed by atoms with van der Waals surface area (Å²) >= 11 is 0. The highest BCUT2D eigenvalue weighted by Gasteiger charge is 2.45. The van der Waals surface area contributed by atoms with Crippen LogP contribution < -0.4 is 4.90 Å². The van der Waals surface area contributed by atoms with Gasteiger partial charge in [0.05, 0.1) is 11.3 Å². The standard InChI is InChI=1S/C14H16N2O4/c1-8(2)15-12(17)9(3)16(14(15)20)11-7-5-4-6-10(11)13(18)19/h4-9H,1-3H3,(H,18,19). The van der Waals surface area contributed by atoms with Gasteiger partial charge in [-0.2, -0.15) is 0 Å². The number of carbonyl (C=O) groups is 3. The second kappa shape index (κ2) is 4.96. The van der Waals surface area contributed by atoms with E-state index in [4.69, 9.17) is 0 Å². The van der Waals surface area contributed by atoms with E-state index in [0.717, 1.165) is 4.90 Å². The van der Waals surface area contributed by atoms with Gasteiger partial charge >= 0.3 is 12.0 Å². The predicted octanol–water partition coefficient (Wildman–Crippen LogP) is 1.95. The molecule has 0 radical (unpaired) electrons. The molecule has 0 bridgehead atoms. The normalized spacial score (nSPS) is 19.1. The highest BCUT2D eigenvalue weighted by atomic mass is 16.4. The SMILES string of the molecule is CC(C)N1C(=O)C(C)N(c2ccccc2C(=O)O)C1=O. The van der Waals surface area contributed by atoms with Crippen molar-refractivity contribution in [3.05, 3.63) is 29.8 Å². The Kier molecular flexibility index (Phi) is 3.48. The van der Waals surface area contributed by atoms with Gasteiger partial charge < -0.3 is 5.11 Å². The first-order valence-corrected chi connectivity index (χ1v) is 6.34. The van der Waals surface area contributed by atoms with Crippen LogP contribution in [-0.2, 0) is 4.79 Å². The molecule has 1 aliphatic rings. The molecule has 1 fully saturated rings. The highest BCUT2D eigenvalue weighted by molar-refractivity contribution is 6.16. The number of benzene rings is 1. The zero-order chi connectivity index (χ0) is 15.0. The molecular formula is C14H16N2O4. The Balaban J connectivity index is 2.51. The summed E-state index contributed by atoms with van der Waals surface area (Å²) in [5.41, 5.74) is 0.250. The van der Waals surface area contributed by atoms with E-state index in [0.29, 0.717) is 0 Å². The molecule has 6 heteroatoms. The number of carboxylic acid groups (broad SMARTS) is 1. The Bertz CT molecular complexity index is 582. The molecule has 0 aliphatic carbocycles. The van der Waals surface area contributed by atoms with Crippen molar-refractivity contribution in [3.63, 3.8) is 0 Å². The summed E-state index contributed by atoms with van der Waals surface area (Å²) < 4.78 is 0. The van der Waals surface area contributed by atoms with Crippen LogP contribution in [0, 0.1) is 0 Å². The molecule has 0 spiro atoms. The van der Waals surface area contributed by atoms with Crippen molar-refractivity contribution < 1.29 is 19.5 Å². The number of urea groups is 1. The quantitative estimate of drug-likeness (QED) is 0.856. The van der Waals surface area contributed by atoms with Crippen LogP contribution in [0.1, 0.15) is 31.1 Å². The lowest BCUT2D eigenvalue weighted by molar-refractivity contribution is -0.128. The number of para-hydroxylation sites is 1. The van der Waals surface area contributed by atoms with E-state index < -0.39 is 18.0 Å². The predicted molar refractivity (Wildman–Crippen MR) is 72.7 cm³/mol. The molecule has 0 aromatic heterocycles. The number of amides is 3. The molecule has 1 unspecified atom stereocenters. The smallest absolute Gasteiger partial charge is 0.337 e. The van der Waals surface area contributed by atoms with E-state index in [1.807, 2.05) is 0 Å². The van der Waals surface area contributed by atoms with Crippen molar-refractivity contribution in [2.45, 2.75) is 32.9 Å². The Hall–Kier alpha value is -2.37. The third-order valence-corrected chi connectivity index (χ3v) is 3.30. The van der Waals surface area contributed by atoms with E-state index in [9.17, 15) is 19.5 Å². The first-order valence-electron chi connectivity index (χ1n) is 6.34. The first kappa shape index (κ1) is 14.0. The molecule has 1 atom stereocenters. The lowest BCUT2D eigenvalue weighted by Crippen LogP contribution is -2.38. The van der Waals surface area contributed by atoms with Gasteiger partial charge in [0.2, 0.25) is 0 Å². The van der Waals surface area contributed by atoms with Gasteiger partial charge in [0.15, 0.2) is 0 Å². The molecule has 6 nitrogen and oxygen atoms in total. The lowest BCUT2D eigenvalue weighted by Gasteiger charge is -2.22. The molecule has 1 aliphatic heterocycles. The zero-order valence-electron chi connectivity index (χ0n) is 11.5. The molecule has 1 N–H and O–H groups in total. The maximum Gasteiger partial charge on any atom is 0.337 e. The Morgan fingerprint density at radius 3 is 2.35 bits per heavy atom. The van der Waals surface area contributed by atoms with E-state index in [1.165, 1.54) is 17.0 Å². The number of hydrogen-bond acceptors (Lipinski definition) is 3. The fourth-order valence-corrected chi connectivity index (χ4v) is 2.34. The van der Waals surface area contributed by atoms with Crippen molar-refractivity contribution >= 4 is 23.6 Å². The monoisotopic (exact) mass is 276 g/mol. The maximum atomic E-state index is 12.4. The molecular weight excluding hydrogens is 260 g/mol. The van der Waals surface area contributed by atoms with Crippen molar-refractivity contribution in [2.24, 2.45) is 0 Å². The van der Waals surface area contributed by atoms with Gasteiger partial charge in [-0.3, -0.25) is 14.6 Å². The van der Waals surface area contributed by atoms with Gasteiger partial charge in [0.1, 0.15) is 6.04 Å². The third-order valence-electron chi connectivity index (χ3n) is 3.30. The van der Waals surface area contributed by atoms with E-state index in [1.54, 1.807) is 32.9 Å². The van der Waals surface area contributed by atoms with Gasteiger partial charge in [-0.05, 0) is 32.9 Å². The van der Waals surface area contributed by atoms with Gasteiger partial charge in [-0.25, -0.2) is 9.59 Å². The van der Waals surface area contributed by atoms with Crippen LogP contribution in [-0.4, -0.2) is 40.0 Å². The van der Waals surface area contributed by atoms with Crippen LogP contribution in [0.3, 0.4) is 0 Å². The van der Waals surface area contributed by atoms with Crippen molar-refractivity contribution in [1.29, 1.82) is 0 Å². The summed E-state index contributed by atoms with van der Waals surface area (Å²) in [6.07, 6.45) is 0. The topological polar surface area (TPSA) is 77.9 Å². The summed E-state index contributed by atoms with van der Waals surface area (Å²) in [4.78, 5) is 38.2. The Morgan fingerprint density at radius 2 is 1.85 bits per heavy atom. The number of nitrogens with zero attached hydrogens (tertiary/aromatic N) is 2. The second-order valence-electron chi connectivity index (χ2n) is 4.95. The Labute approximate surface area is 116 Å². The van der Waals surface area contributed by atoms with E-state index >= 15 is 0 Å². The second-order valence-corrected chi connectivity index (χ2v) is 4.95. The molecule has 3 amide bonds. The van der Waals surface area contributed by atoms with Crippen LogP contribution >= 0.6 is 0 Å². The minimum atomic E-state index is -1.13. The molecule has 1 aromatic carbocycles. The fourth-order valence-electron chi connectivity index (χ4n) is 2.34. The minimum absolute atomic E-state index is 0.00565. The van der Waals surface area contributed by atoms with Crippen LogP contribution in [0.4, 0.5) is 10.5 Å². The lowest BCUT2D eigenvalue weighted by atomic mass is 10.1. The summed E-state index contributed by atoms with van der Waals surface area (Å²) in [6.45, 7) is 5.09. The number of carbonyl (C=O) groups excluding carboxylic acids is 2. The Morgan fingerprint density at radius 1 is 1.25 bits per heavy atom. The fraction of sp³-hybridized carbons (Fsp3) is 0.357. The van der Waals surface area contributed by atoms with E-state index in [-0.39, 0.29) is 23.2 Å². The maximum absolute atomic E-state index is 12.4. The highest BCUT2D eigenvalue weighted by Crippen LogP contribution is 2.29. The number of imide groups is 1. The number of anilines is 1. The van der Waals surface area contributed by atoms with Gasteiger partial charge in [-0.1, -0.05) is 12.1 Å². The molecule has 1 aromatic rings. The van der Waals surface area contributed by atoms with Crippen molar-refractivity contribution in [3.8, 4) is 0 Å².